The van der Waals surface area contributed by atoms with Crippen molar-refractivity contribution in [3.05, 3.63) is 59.6 Å². The molecule has 0 bridgehead atoms. The fraction of sp³-hybridized carbons (Fsp3) is 0.167. The summed E-state index contributed by atoms with van der Waals surface area (Å²) in [5.41, 5.74) is 1.26. The van der Waals surface area contributed by atoms with Gasteiger partial charge in [-0.3, -0.25) is 14.5 Å². The highest BCUT2D eigenvalue weighted by molar-refractivity contribution is 8.15. The average Bonchev–Trinajstić information content (AvgIpc) is 2.61. The topological polar surface area (TPSA) is 61.8 Å². The molecule has 128 valence electrons. The summed E-state index contributed by atoms with van der Waals surface area (Å²) in [6.07, 6.45) is 0.116. The first-order valence-corrected chi connectivity index (χ1v) is 8.92. The van der Waals surface area contributed by atoms with E-state index in [0.29, 0.717) is 15.9 Å². The molecule has 3 rings (SSSR count). The zero-order chi connectivity index (χ0) is 17.8. The Bertz CT molecular complexity index is 826. The Hall–Kier alpha value is -2.31. The second-order valence-electron chi connectivity index (χ2n) is 5.46. The molecule has 5 nitrogen and oxygen atoms in total. The van der Waals surface area contributed by atoms with Crippen LogP contribution in [0.3, 0.4) is 0 Å². The fourth-order valence-electron chi connectivity index (χ4n) is 2.29. The summed E-state index contributed by atoms with van der Waals surface area (Å²) in [7, 11) is 1.67. The molecule has 25 heavy (non-hydrogen) atoms. The van der Waals surface area contributed by atoms with Crippen molar-refractivity contribution in [3.63, 3.8) is 0 Å². The first-order valence-electron chi connectivity index (χ1n) is 7.67. The Morgan fingerprint density at radius 2 is 1.88 bits per heavy atom. The van der Waals surface area contributed by atoms with E-state index in [-0.39, 0.29) is 18.2 Å². The second-order valence-corrected chi connectivity index (χ2v) is 7.04. The van der Waals surface area contributed by atoms with Gasteiger partial charge in [-0.15, -0.1) is 0 Å². The normalized spacial score (nSPS) is 19.1. The third kappa shape index (κ3) is 4.21. The number of carbonyl (C=O) groups excluding carboxylic acids is 2. The molecular formula is C18H16ClN3O2S. The molecule has 1 aliphatic heterocycles. The van der Waals surface area contributed by atoms with Crippen molar-refractivity contribution in [3.8, 4) is 0 Å². The van der Waals surface area contributed by atoms with Crippen LogP contribution in [0.2, 0.25) is 5.02 Å². The predicted molar refractivity (Wildman–Crippen MR) is 102 cm³/mol. The van der Waals surface area contributed by atoms with Crippen molar-refractivity contribution in [2.75, 3.05) is 12.4 Å². The third-order valence-corrected chi connectivity index (χ3v) is 5.24. The maximum Gasteiger partial charge on any atom is 0.238 e. The lowest BCUT2D eigenvalue weighted by atomic mass is 10.2. The molecule has 1 fully saturated rings. The summed E-state index contributed by atoms with van der Waals surface area (Å²) in [4.78, 5) is 30.8. The molecule has 1 atom stereocenters. The second kappa shape index (κ2) is 7.72. The lowest BCUT2D eigenvalue weighted by Gasteiger charge is -2.28. The minimum atomic E-state index is -0.553. The van der Waals surface area contributed by atoms with E-state index in [9.17, 15) is 9.59 Å². The standard InChI is InChI=1S/C18H16ClN3O2S/c1-22-16(23)11-15(17(24)21-14-10-6-5-9-13(14)19)25-18(22)20-12-7-3-2-4-8-12/h2-10,15H,11H2,1H3,(H,21,24)/t15-/m0/s1. The summed E-state index contributed by atoms with van der Waals surface area (Å²) in [5, 5.41) is 3.19. The van der Waals surface area contributed by atoms with Crippen LogP contribution in [0.25, 0.3) is 0 Å². The van der Waals surface area contributed by atoms with Gasteiger partial charge in [0.2, 0.25) is 11.8 Å². The summed E-state index contributed by atoms with van der Waals surface area (Å²) >= 11 is 7.35. The van der Waals surface area contributed by atoms with E-state index in [1.54, 1.807) is 31.3 Å². The van der Waals surface area contributed by atoms with Crippen LogP contribution in [0.1, 0.15) is 6.42 Å². The molecule has 7 heteroatoms. The van der Waals surface area contributed by atoms with Crippen LogP contribution in [-0.2, 0) is 9.59 Å². The van der Waals surface area contributed by atoms with Gasteiger partial charge in [-0.1, -0.05) is 53.7 Å². The highest BCUT2D eigenvalue weighted by Crippen LogP contribution is 2.29. The lowest BCUT2D eigenvalue weighted by Crippen LogP contribution is -2.43. The molecule has 2 aromatic rings. The number of rotatable bonds is 3. The number of aliphatic imine (C=N–C) groups is 1. The predicted octanol–water partition coefficient (Wildman–Crippen LogP) is 3.93. The Kier molecular flexibility index (Phi) is 5.40. The number of hydrogen-bond donors (Lipinski definition) is 1. The van der Waals surface area contributed by atoms with Gasteiger partial charge < -0.3 is 5.32 Å². The van der Waals surface area contributed by atoms with Gasteiger partial charge in [0.1, 0.15) is 5.25 Å². The molecule has 0 aromatic heterocycles. The van der Waals surface area contributed by atoms with E-state index in [2.05, 4.69) is 10.3 Å². The molecule has 1 saturated heterocycles. The van der Waals surface area contributed by atoms with Crippen LogP contribution in [0, 0.1) is 0 Å². The van der Waals surface area contributed by atoms with Crippen LogP contribution in [-0.4, -0.2) is 34.2 Å². The van der Waals surface area contributed by atoms with Crippen LogP contribution in [0.15, 0.2) is 59.6 Å². The summed E-state index contributed by atoms with van der Waals surface area (Å²) < 4.78 is 0. The fourth-order valence-corrected chi connectivity index (χ4v) is 3.53. The number of nitrogens with zero attached hydrogens (tertiary/aromatic N) is 2. The number of hydrogen-bond acceptors (Lipinski definition) is 4. The molecule has 2 amide bonds. The van der Waals surface area contributed by atoms with Crippen LogP contribution in [0.5, 0.6) is 0 Å². The number of halogens is 1. The summed E-state index contributed by atoms with van der Waals surface area (Å²) in [5.74, 6) is -0.409. The van der Waals surface area contributed by atoms with E-state index >= 15 is 0 Å². The van der Waals surface area contributed by atoms with Crippen molar-refractivity contribution < 1.29 is 9.59 Å². The largest absolute Gasteiger partial charge is 0.324 e. The van der Waals surface area contributed by atoms with Gasteiger partial charge in [0.15, 0.2) is 5.17 Å². The third-order valence-electron chi connectivity index (χ3n) is 3.67. The summed E-state index contributed by atoms with van der Waals surface area (Å²) in [6.45, 7) is 0. The Morgan fingerprint density at radius 3 is 2.60 bits per heavy atom. The Labute approximate surface area is 155 Å². The Morgan fingerprint density at radius 1 is 1.20 bits per heavy atom. The molecule has 0 spiro atoms. The number of amides is 2. The molecule has 2 aromatic carbocycles. The number of para-hydroxylation sites is 2. The number of benzene rings is 2. The Balaban J connectivity index is 1.78. The van der Waals surface area contributed by atoms with Gasteiger partial charge >= 0.3 is 0 Å². The monoisotopic (exact) mass is 373 g/mol. The van der Waals surface area contributed by atoms with Crippen molar-refractivity contribution >= 4 is 51.7 Å². The number of carbonyl (C=O) groups is 2. The molecule has 1 heterocycles. The van der Waals surface area contributed by atoms with Gasteiger partial charge in [-0.25, -0.2) is 4.99 Å². The smallest absolute Gasteiger partial charge is 0.238 e. The van der Waals surface area contributed by atoms with Gasteiger partial charge in [0.25, 0.3) is 0 Å². The number of anilines is 1. The van der Waals surface area contributed by atoms with Crippen LogP contribution < -0.4 is 5.32 Å². The molecule has 0 saturated carbocycles. The van der Waals surface area contributed by atoms with Gasteiger partial charge in [0.05, 0.1) is 16.4 Å². The lowest BCUT2D eigenvalue weighted by molar-refractivity contribution is -0.128. The highest BCUT2D eigenvalue weighted by Gasteiger charge is 2.34. The summed E-state index contributed by atoms with van der Waals surface area (Å²) in [6, 6.07) is 16.3. The molecule has 1 N–H and O–H groups in total. The first-order chi connectivity index (χ1) is 12.0. The number of nitrogens with one attached hydrogen (secondary N) is 1. The van der Waals surface area contributed by atoms with Crippen molar-refractivity contribution in [1.82, 2.24) is 4.90 Å². The van der Waals surface area contributed by atoms with E-state index in [1.165, 1.54) is 16.7 Å². The van der Waals surface area contributed by atoms with E-state index in [1.807, 2.05) is 30.3 Å². The number of thioether (sulfide) groups is 1. The van der Waals surface area contributed by atoms with Crippen molar-refractivity contribution in [2.45, 2.75) is 11.7 Å². The maximum absolute atomic E-state index is 12.6. The van der Waals surface area contributed by atoms with Crippen LogP contribution in [0.4, 0.5) is 11.4 Å². The van der Waals surface area contributed by atoms with Crippen molar-refractivity contribution in [2.24, 2.45) is 4.99 Å². The maximum atomic E-state index is 12.6. The minimum Gasteiger partial charge on any atom is -0.324 e. The van der Waals surface area contributed by atoms with E-state index in [0.717, 1.165) is 5.69 Å². The van der Waals surface area contributed by atoms with Gasteiger partial charge in [-0.05, 0) is 24.3 Å². The SMILES string of the molecule is CN1C(=O)C[C@@H](C(=O)Nc2ccccc2Cl)SC1=Nc1ccccc1. The zero-order valence-electron chi connectivity index (χ0n) is 13.5. The average molecular weight is 374 g/mol. The zero-order valence-corrected chi connectivity index (χ0v) is 15.1. The highest BCUT2D eigenvalue weighted by atomic mass is 35.5. The minimum absolute atomic E-state index is 0.116. The van der Waals surface area contributed by atoms with Crippen LogP contribution >= 0.6 is 23.4 Å². The number of amidine groups is 1. The van der Waals surface area contributed by atoms with E-state index < -0.39 is 5.25 Å². The van der Waals surface area contributed by atoms with Crippen molar-refractivity contribution in [1.29, 1.82) is 0 Å². The quantitative estimate of drug-likeness (QED) is 0.886. The van der Waals surface area contributed by atoms with E-state index in [4.69, 9.17) is 11.6 Å². The van der Waals surface area contributed by atoms with Gasteiger partial charge in [-0.2, -0.15) is 0 Å². The molecular weight excluding hydrogens is 358 g/mol. The molecule has 0 unspecified atom stereocenters. The molecule has 0 aliphatic carbocycles. The molecule has 0 radical (unpaired) electrons. The van der Waals surface area contributed by atoms with Gasteiger partial charge in [0, 0.05) is 13.5 Å². The first kappa shape index (κ1) is 17.5. The molecule has 1 aliphatic rings.